The maximum Gasteiger partial charge on any atom is 0.0548 e. The fraction of sp³-hybridized carbons (Fsp3) is 0. The van der Waals surface area contributed by atoms with Gasteiger partial charge < -0.3 is 9.13 Å². The van der Waals surface area contributed by atoms with Crippen LogP contribution in [0.3, 0.4) is 0 Å². The molecule has 8 aromatic carbocycles. The molecule has 0 radical (unpaired) electrons. The third kappa shape index (κ3) is 4.35. The van der Waals surface area contributed by atoms with Crippen molar-refractivity contribution in [2.75, 3.05) is 0 Å². The van der Waals surface area contributed by atoms with Gasteiger partial charge in [-0.05, 0) is 82.9 Å². The van der Waals surface area contributed by atoms with Crippen LogP contribution in [0.4, 0.5) is 0 Å². The second-order valence-electron chi connectivity index (χ2n) is 13.4. The van der Waals surface area contributed by atoms with Gasteiger partial charge in [0.25, 0.3) is 0 Å². The SMILES string of the molecule is c1ccc(-c2cccc(-c3ccc(-n4c5ccccc5c5cc6c(cc54)c4ccccc4n6-c4ccc5c(c4)sc4ccccc45)cc3)c2)cc1. The van der Waals surface area contributed by atoms with E-state index in [0.717, 1.165) is 5.69 Å². The highest BCUT2D eigenvalue weighted by atomic mass is 32.1. The lowest BCUT2D eigenvalue weighted by Gasteiger charge is -2.11. The summed E-state index contributed by atoms with van der Waals surface area (Å²) >= 11 is 1.87. The van der Waals surface area contributed by atoms with Crippen molar-refractivity contribution in [1.82, 2.24) is 9.13 Å². The van der Waals surface area contributed by atoms with E-state index in [1.165, 1.54) is 91.7 Å². The van der Waals surface area contributed by atoms with Gasteiger partial charge in [-0.2, -0.15) is 0 Å². The molecule has 0 spiro atoms. The predicted octanol–water partition coefficient (Wildman–Crippen LogP) is 13.6. The molecule has 51 heavy (non-hydrogen) atoms. The Kier molecular flexibility index (Phi) is 6.16. The third-order valence-corrected chi connectivity index (χ3v) is 11.6. The minimum Gasteiger partial charge on any atom is -0.309 e. The molecule has 2 nitrogen and oxygen atoms in total. The molecule has 0 saturated heterocycles. The van der Waals surface area contributed by atoms with E-state index in [-0.39, 0.29) is 0 Å². The molecule has 0 N–H and O–H groups in total. The van der Waals surface area contributed by atoms with E-state index in [0.29, 0.717) is 0 Å². The smallest absolute Gasteiger partial charge is 0.0548 e. The lowest BCUT2D eigenvalue weighted by molar-refractivity contribution is 1.18. The van der Waals surface area contributed by atoms with Crippen molar-refractivity contribution in [2.45, 2.75) is 0 Å². The molecule has 3 heterocycles. The minimum atomic E-state index is 1.16. The summed E-state index contributed by atoms with van der Waals surface area (Å²) in [6, 6.07) is 66.7. The molecule has 11 rings (SSSR count). The standard InChI is InChI=1S/C48H30N2S/c1-2-11-31(12-3-1)33-13-10-14-34(27-33)32-21-23-35(24-22-32)49-43-18-7-4-15-37(43)41-30-46-42(29-45(41)49)38-16-5-8-19-44(38)50(46)36-25-26-40-39-17-6-9-20-47(39)51-48(40)28-36/h1-30H. The molecule has 238 valence electrons. The molecular formula is C48H30N2S. The number of fused-ring (bicyclic) bond motifs is 9. The number of rotatable bonds is 4. The zero-order valence-corrected chi connectivity index (χ0v) is 28.4. The van der Waals surface area contributed by atoms with E-state index in [9.17, 15) is 0 Å². The Hall–Kier alpha value is -6.42. The zero-order chi connectivity index (χ0) is 33.5. The van der Waals surface area contributed by atoms with Crippen LogP contribution in [0.5, 0.6) is 0 Å². The Morgan fingerprint density at radius 2 is 0.784 bits per heavy atom. The first-order valence-electron chi connectivity index (χ1n) is 17.4. The average molecular weight is 667 g/mol. The van der Waals surface area contributed by atoms with Crippen molar-refractivity contribution in [3.8, 4) is 33.6 Å². The van der Waals surface area contributed by atoms with Crippen LogP contribution in [0.2, 0.25) is 0 Å². The van der Waals surface area contributed by atoms with E-state index < -0.39 is 0 Å². The quantitative estimate of drug-likeness (QED) is 0.177. The maximum absolute atomic E-state index is 2.46. The van der Waals surface area contributed by atoms with Crippen molar-refractivity contribution in [3.05, 3.63) is 182 Å². The van der Waals surface area contributed by atoms with Gasteiger partial charge in [-0.25, -0.2) is 0 Å². The monoisotopic (exact) mass is 666 g/mol. The number of benzene rings is 8. The predicted molar refractivity (Wildman–Crippen MR) is 219 cm³/mol. The van der Waals surface area contributed by atoms with Crippen molar-refractivity contribution >= 4 is 75.1 Å². The summed E-state index contributed by atoms with van der Waals surface area (Å²) in [6.07, 6.45) is 0. The van der Waals surface area contributed by atoms with Crippen LogP contribution in [-0.4, -0.2) is 9.13 Å². The molecule has 0 aliphatic carbocycles. The average Bonchev–Trinajstić information content (AvgIpc) is 3.84. The Bertz CT molecular complexity index is 3120. The van der Waals surface area contributed by atoms with Crippen molar-refractivity contribution in [2.24, 2.45) is 0 Å². The summed E-state index contributed by atoms with van der Waals surface area (Å²) in [5.74, 6) is 0. The topological polar surface area (TPSA) is 9.86 Å². The molecule has 0 aliphatic heterocycles. The van der Waals surface area contributed by atoms with Gasteiger partial charge in [0.05, 0.1) is 22.1 Å². The van der Waals surface area contributed by atoms with E-state index in [1.54, 1.807) is 0 Å². The van der Waals surface area contributed by atoms with Crippen LogP contribution >= 0.6 is 11.3 Å². The van der Waals surface area contributed by atoms with E-state index in [1.807, 2.05) is 11.3 Å². The largest absolute Gasteiger partial charge is 0.309 e. The number of para-hydroxylation sites is 2. The number of aromatic nitrogens is 2. The Morgan fingerprint density at radius 3 is 1.47 bits per heavy atom. The van der Waals surface area contributed by atoms with Crippen LogP contribution in [0.15, 0.2) is 182 Å². The first-order chi connectivity index (χ1) is 25.3. The van der Waals surface area contributed by atoms with Crippen LogP contribution < -0.4 is 0 Å². The van der Waals surface area contributed by atoms with E-state index in [4.69, 9.17) is 0 Å². The molecule has 3 heteroatoms. The molecule has 3 aromatic heterocycles. The lowest BCUT2D eigenvalue weighted by Crippen LogP contribution is -1.95. The number of thiophene rings is 1. The minimum absolute atomic E-state index is 1.16. The zero-order valence-electron chi connectivity index (χ0n) is 27.6. The summed E-state index contributed by atoms with van der Waals surface area (Å²) in [5, 5.41) is 7.68. The highest BCUT2D eigenvalue weighted by Gasteiger charge is 2.19. The number of hydrogen-bond donors (Lipinski definition) is 0. The summed E-state index contributed by atoms with van der Waals surface area (Å²) in [7, 11) is 0. The van der Waals surface area contributed by atoms with Gasteiger partial charge in [-0.3, -0.25) is 0 Å². The fourth-order valence-electron chi connectivity index (χ4n) is 8.15. The van der Waals surface area contributed by atoms with Gasteiger partial charge >= 0.3 is 0 Å². The van der Waals surface area contributed by atoms with Gasteiger partial charge in [0, 0.05) is 53.1 Å². The first kappa shape index (κ1) is 28.4. The molecule has 0 unspecified atom stereocenters. The van der Waals surface area contributed by atoms with Crippen LogP contribution in [-0.2, 0) is 0 Å². The fourth-order valence-corrected chi connectivity index (χ4v) is 9.29. The Morgan fingerprint density at radius 1 is 0.275 bits per heavy atom. The van der Waals surface area contributed by atoms with Gasteiger partial charge in [0.2, 0.25) is 0 Å². The summed E-state index contributed by atoms with van der Waals surface area (Å²) in [5.41, 5.74) is 12.1. The normalized spacial score (nSPS) is 11.9. The molecule has 0 aliphatic rings. The molecule has 0 amide bonds. The molecule has 0 atom stereocenters. The van der Waals surface area contributed by atoms with E-state index >= 15 is 0 Å². The molecular weight excluding hydrogens is 637 g/mol. The van der Waals surface area contributed by atoms with E-state index in [2.05, 4.69) is 191 Å². The summed E-state index contributed by atoms with van der Waals surface area (Å²) in [4.78, 5) is 0. The van der Waals surface area contributed by atoms with Crippen molar-refractivity contribution < 1.29 is 0 Å². The van der Waals surface area contributed by atoms with Gasteiger partial charge in [0.15, 0.2) is 0 Å². The first-order valence-corrected chi connectivity index (χ1v) is 18.2. The van der Waals surface area contributed by atoms with Crippen LogP contribution in [0.1, 0.15) is 0 Å². The summed E-state index contributed by atoms with van der Waals surface area (Å²) < 4.78 is 7.53. The van der Waals surface area contributed by atoms with Gasteiger partial charge in [-0.15, -0.1) is 11.3 Å². The van der Waals surface area contributed by atoms with Crippen LogP contribution in [0, 0.1) is 0 Å². The number of hydrogen-bond acceptors (Lipinski definition) is 1. The van der Waals surface area contributed by atoms with Gasteiger partial charge in [0.1, 0.15) is 0 Å². The van der Waals surface area contributed by atoms with Gasteiger partial charge in [-0.1, -0.05) is 121 Å². The van der Waals surface area contributed by atoms with Crippen molar-refractivity contribution in [1.29, 1.82) is 0 Å². The lowest BCUT2D eigenvalue weighted by atomic mass is 9.99. The second kappa shape index (κ2) is 11.0. The summed E-state index contributed by atoms with van der Waals surface area (Å²) in [6.45, 7) is 0. The molecule has 0 fully saturated rings. The van der Waals surface area contributed by atoms with Crippen molar-refractivity contribution in [3.63, 3.8) is 0 Å². The Balaban J connectivity index is 1.10. The third-order valence-electron chi connectivity index (χ3n) is 10.5. The molecule has 0 bridgehead atoms. The second-order valence-corrected chi connectivity index (χ2v) is 14.4. The molecule has 0 saturated carbocycles. The maximum atomic E-state index is 2.46. The number of nitrogens with zero attached hydrogens (tertiary/aromatic N) is 2. The highest BCUT2D eigenvalue weighted by molar-refractivity contribution is 7.25. The van der Waals surface area contributed by atoms with Crippen LogP contribution in [0.25, 0.3) is 97.4 Å². The Labute approximate surface area is 298 Å². The molecule has 11 aromatic rings. The highest BCUT2D eigenvalue weighted by Crippen LogP contribution is 2.41.